The van der Waals surface area contributed by atoms with E-state index in [4.69, 9.17) is 0 Å². The van der Waals surface area contributed by atoms with Crippen molar-refractivity contribution in [2.75, 3.05) is 0 Å². The van der Waals surface area contributed by atoms with Crippen molar-refractivity contribution in [2.24, 2.45) is 0 Å². The maximum absolute atomic E-state index is 4.08. The summed E-state index contributed by atoms with van der Waals surface area (Å²) in [5.74, 6) is 0. The molecule has 2 atom stereocenters. The van der Waals surface area contributed by atoms with Crippen LogP contribution in [-0.4, -0.2) is 6.04 Å². The zero-order valence-electron chi connectivity index (χ0n) is 6.80. The molecule has 0 saturated heterocycles. The molecule has 2 rings (SSSR count). The molecular weight excluding hydrogens is 134 g/mol. The Labute approximate surface area is 67.6 Å². The summed E-state index contributed by atoms with van der Waals surface area (Å²) in [4.78, 5) is 1.31. The normalized spacial score (nSPS) is 28.5. The highest BCUT2D eigenvalue weighted by Crippen LogP contribution is 2.17. The van der Waals surface area contributed by atoms with Crippen LogP contribution in [0.5, 0.6) is 0 Å². The second-order valence-electron chi connectivity index (χ2n) is 3.29. The van der Waals surface area contributed by atoms with Crippen molar-refractivity contribution in [3.63, 3.8) is 0 Å². The van der Waals surface area contributed by atoms with Crippen molar-refractivity contribution in [1.29, 1.82) is 0 Å². The number of para-hydroxylation sites is 1. The van der Waals surface area contributed by atoms with Crippen LogP contribution >= 0.6 is 0 Å². The Balaban J connectivity index is 2.47. The fourth-order valence-electron chi connectivity index (χ4n) is 1.73. The number of hydrogen-bond acceptors (Lipinski definition) is 0. The highest BCUT2D eigenvalue weighted by molar-refractivity contribution is 5.42. The molecule has 0 amide bonds. The molecule has 58 valence electrons. The van der Waals surface area contributed by atoms with Crippen molar-refractivity contribution >= 4 is 5.69 Å². The molecule has 0 bridgehead atoms. The van der Waals surface area contributed by atoms with Gasteiger partial charge in [-0.15, -0.1) is 7.05 Å². The minimum Gasteiger partial charge on any atom is -0.432 e. The van der Waals surface area contributed by atoms with Gasteiger partial charge in [0.25, 0.3) is 0 Å². The summed E-state index contributed by atoms with van der Waals surface area (Å²) in [6.45, 7) is 2.24. The third-order valence-corrected chi connectivity index (χ3v) is 2.48. The smallest absolute Gasteiger partial charge is 0.108 e. The molecule has 1 nitrogen and oxygen atoms in total. The van der Waals surface area contributed by atoms with E-state index in [9.17, 15) is 0 Å². The van der Waals surface area contributed by atoms with Crippen LogP contribution in [0.2, 0.25) is 0 Å². The van der Waals surface area contributed by atoms with Crippen LogP contribution < -0.4 is 4.90 Å². The van der Waals surface area contributed by atoms with Crippen LogP contribution in [0.3, 0.4) is 0 Å². The van der Waals surface area contributed by atoms with Crippen LogP contribution in [-0.2, 0) is 6.42 Å². The van der Waals surface area contributed by atoms with E-state index in [0.29, 0.717) is 6.04 Å². The van der Waals surface area contributed by atoms with Gasteiger partial charge in [0.2, 0.25) is 0 Å². The largest absolute Gasteiger partial charge is 0.432 e. The lowest BCUT2D eigenvalue weighted by Gasteiger charge is -2.19. The third kappa shape index (κ3) is 0.962. The van der Waals surface area contributed by atoms with Gasteiger partial charge in [0.05, 0.1) is 6.04 Å². The van der Waals surface area contributed by atoms with E-state index in [2.05, 4.69) is 38.2 Å². The Morgan fingerprint density at radius 2 is 2.18 bits per heavy atom. The van der Waals surface area contributed by atoms with Crippen LogP contribution in [0.4, 0.5) is 5.69 Å². The van der Waals surface area contributed by atoms with Gasteiger partial charge in [0.15, 0.2) is 0 Å². The maximum atomic E-state index is 4.08. The minimum atomic E-state index is 0.646. The summed E-state index contributed by atoms with van der Waals surface area (Å²) in [6.07, 6.45) is 1.18. The van der Waals surface area contributed by atoms with Crippen molar-refractivity contribution in [2.45, 2.75) is 19.4 Å². The van der Waals surface area contributed by atoms with Crippen LogP contribution in [0, 0.1) is 7.05 Å². The summed E-state index contributed by atoms with van der Waals surface area (Å²) < 4.78 is 0. The fourth-order valence-corrected chi connectivity index (χ4v) is 1.73. The number of quaternary nitrogens is 1. The van der Waals surface area contributed by atoms with Gasteiger partial charge in [-0.1, -0.05) is 18.2 Å². The summed E-state index contributed by atoms with van der Waals surface area (Å²) in [6, 6.07) is 9.20. The molecule has 0 spiro atoms. The Bertz CT molecular complexity index is 267. The lowest BCUT2D eigenvalue weighted by atomic mass is 10.1. The predicted octanol–water partition coefficient (Wildman–Crippen LogP) is 0.939. The predicted molar refractivity (Wildman–Crippen MR) is 45.6 cm³/mol. The van der Waals surface area contributed by atoms with E-state index in [1.54, 1.807) is 0 Å². The highest BCUT2D eigenvalue weighted by Gasteiger charge is 2.22. The van der Waals surface area contributed by atoms with Crippen molar-refractivity contribution in [1.82, 2.24) is 0 Å². The average molecular weight is 147 g/mol. The first-order chi connectivity index (χ1) is 5.29. The van der Waals surface area contributed by atoms with E-state index in [-0.39, 0.29) is 0 Å². The second kappa shape index (κ2) is 2.35. The zero-order chi connectivity index (χ0) is 7.84. The molecule has 1 aliphatic heterocycles. The van der Waals surface area contributed by atoms with Gasteiger partial charge in [-0.05, 0) is 13.0 Å². The van der Waals surface area contributed by atoms with Gasteiger partial charge < -0.3 is 4.90 Å². The lowest BCUT2D eigenvalue weighted by Crippen LogP contribution is -3.04. The van der Waals surface area contributed by atoms with E-state index in [1.165, 1.54) is 22.6 Å². The van der Waals surface area contributed by atoms with Gasteiger partial charge in [-0.3, -0.25) is 0 Å². The van der Waals surface area contributed by atoms with Crippen molar-refractivity contribution < 1.29 is 4.90 Å². The molecule has 1 N–H and O–H groups in total. The first-order valence-corrected chi connectivity index (χ1v) is 4.06. The Morgan fingerprint density at radius 3 is 2.91 bits per heavy atom. The molecule has 2 unspecified atom stereocenters. The SMILES string of the molecule is [CH2-][NH+]1c2ccccc2CC1C. The van der Waals surface area contributed by atoms with Crippen LogP contribution in [0.25, 0.3) is 0 Å². The standard InChI is InChI=1S/C10H13N/c1-8-7-9-5-3-4-6-10(9)11(8)2/h3-6,8,11H,2,7H2,1H3. The van der Waals surface area contributed by atoms with E-state index in [1.807, 2.05) is 0 Å². The molecule has 0 aromatic heterocycles. The maximum Gasteiger partial charge on any atom is 0.108 e. The Kier molecular flexibility index (Phi) is 1.46. The molecule has 1 heterocycles. The van der Waals surface area contributed by atoms with Crippen LogP contribution in [0.1, 0.15) is 12.5 Å². The summed E-state index contributed by atoms with van der Waals surface area (Å²) >= 11 is 0. The molecule has 11 heavy (non-hydrogen) atoms. The van der Waals surface area contributed by atoms with Gasteiger partial charge >= 0.3 is 0 Å². The van der Waals surface area contributed by atoms with Gasteiger partial charge in [-0.25, -0.2) is 0 Å². The minimum absolute atomic E-state index is 0.646. The number of fused-ring (bicyclic) bond motifs is 1. The molecule has 1 aliphatic rings. The Hall–Kier alpha value is -0.820. The molecule has 0 saturated carbocycles. The molecular formula is C10H13N. The molecule has 1 heteroatoms. The van der Waals surface area contributed by atoms with Gasteiger partial charge in [0, 0.05) is 12.0 Å². The third-order valence-electron chi connectivity index (χ3n) is 2.48. The molecule has 1 aromatic rings. The monoisotopic (exact) mass is 147 g/mol. The van der Waals surface area contributed by atoms with Gasteiger partial charge in [-0.2, -0.15) is 0 Å². The number of nitrogens with one attached hydrogen (secondary N) is 1. The van der Waals surface area contributed by atoms with Crippen molar-refractivity contribution in [3.05, 3.63) is 36.9 Å². The quantitative estimate of drug-likeness (QED) is 0.521. The first kappa shape index (κ1) is 6.86. The summed E-state index contributed by atoms with van der Waals surface area (Å²) in [5.41, 5.74) is 2.84. The number of rotatable bonds is 0. The lowest BCUT2D eigenvalue weighted by molar-refractivity contribution is -0.802. The van der Waals surface area contributed by atoms with E-state index in [0.717, 1.165) is 0 Å². The average Bonchev–Trinajstić information content (AvgIpc) is 2.30. The first-order valence-electron chi connectivity index (χ1n) is 4.06. The number of hydrogen-bond donors (Lipinski definition) is 1. The van der Waals surface area contributed by atoms with Crippen LogP contribution in [0.15, 0.2) is 24.3 Å². The number of benzene rings is 1. The molecule has 0 radical (unpaired) electrons. The zero-order valence-corrected chi connectivity index (χ0v) is 6.80. The van der Waals surface area contributed by atoms with E-state index >= 15 is 0 Å². The molecule has 0 fully saturated rings. The van der Waals surface area contributed by atoms with Crippen molar-refractivity contribution in [3.8, 4) is 0 Å². The molecule has 1 aromatic carbocycles. The summed E-state index contributed by atoms with van der Waals surface area (Å²) in [5, 5.41) is 0. The second-order valence-corrected chi connectivity index (χ2v) is 3.29. The topological polar surface area (TPSA) is 4.44 Å². The van der Waals surface area contributed by atoms with E-state index < -0.39 is 0 Å². The van der Waals surface area contributed by atoms with Gasteiger partial charge in [0.1, 0.15) is 5.69 Å². The molecule has 0 aliphatic carbocycles. The fraction of sp³-hybridized carbons (Fsp3) is 0.300. The Morgan fingerprint density at radius 1 is 1.45 bits per heavy atom. The highest BCUT2D eigenvalue weighted by atomic mass is 15.1. The summed E-state index contributed by atoms with van der Waals surface area (Å²) in [7, 11) is 4.08.